The first-order valence-electron chi connectivity index (χ1n) is 5.66. The van der Waals surface area contributed by atoms with Crippen LogP contribution in [0.15, 0.2) is 6.20 Å². The van der Waals surface area contributed by atoms with Crippen molar-refractivity contribution in [2.75, 3.05) is 30.5 Å². The number of morpholine rings is 1. The lowest BCUT2D eigenvalue weighted by Crippen LogP contribution is -2.49. The van der Waals surface area contributed by atoms with Gasteiger partial charge in [0.2, 0.25) is 0 Å². The molecule has 2 rings (SSSR count). The van der Waals surface area contributed by atoms with E-state index in [0.29, 0.717) is 23.5 Å². The topological polar surface area (TPSA) is 47.5 Å². The highest BCUT2D eigenvalue weighted by molar-refractivity contribution is 9.09. The fraction of sp³-hybridized carbons (Fsp3) is 0.636. The predicted molar refractivity (Wildman–Crippen MR) is 73.9 cm³/mol. The third-order valence-electron chi connectivity index (χ3n) is 2.84. The van der Waals surface area contributed by atoms with E-state index in [-0.39, 0.29) is 12.1 Å². The standard InChI is InChI=1S/C11H15BrClN3O2/c1-7-6-18-8(3-12)5-16(7)10-9(13)4-14-11(15-10)17-2/h4,7-8H,3,5-6H2,1-2H3. The van der Waals surface area contributed by atoms with Gasteiger partial charge in [0.15, 0.2) is 5.82 Å². The van der Waals surface area contributed by atoms with E-state index in [0.717, 1.165) is 11.9 Å². The molecular weight excluding hydrogens is 321 g/mol. The van der Waals surface area contributed by atoms with Gasteiger partial charge in [-0.25, -0.2) is 4.98 Å². The molecule has 1 aromatic heterocycles. The molecule has 0 saturated carbocycles. The fourth-order valence-electron chi connectivity index (χ4n) is 1.85. The summed E-state index contributed by atoms with van der Waals surface area (Å²) in [6.45, 7) is 3.47. The maximum atomic E-state index is 6.17. The zero-order valence-corrected chi connectivity index (χ0v) is 12.6. The summed E-state index contributed by atoms with van der Waals surface area (Å²) in [6, 6.07) is 0.542. The minimum atomic E-state index is 0.137. The molecule has 18 heavy (non-hydrogen) atoms. The van der Waals surface area contributed by atoms with Crippen LogP contribution >= 0.6 is 27.5 Å². The highest BCUT2D eigenvalue weighted by atomic mass is 79.9. The lowest BCUT2D eigenvalue weighted by atomic mass is 10.2. The minimum Gasteiger partial charge on any atom is -0.467 e. The first-order valence-corrected chi connectivity index (χ1v) is 7.16. The number of alkyl halides is 1. The molecule has 0 aromatic carbocycles. The van der Waals surface area contributed by atoms with Gasteiger partial charge in [-0.1, -0.05) is 27.5 Å². The van der Waals surface area contributed by atoms with Gasteiger partial charge in [0.25, 0.3) is 0 Å². The van der Waals surface area contributed by atoms with Gasteiger partial charge in [-0.3, -0.25) is 0 Å². The van der Waals surface area contributed by atoms with Gasteiger partial charge in [-0.2, -0.15) is 4.98 Å². The molecule has 2 heterocycles. The van der Waals surface area contributed by atoms with Crippen LogP contribution in [0.5, 0.6) is 6.01 Å². The number of hydrogen-bond donors (Lipinski definition) is 0. The highest BCUT2D eigenvalue weighted by Crippen LogP contribution is 2.28. The number of nitrogens with zero attached hydrogens (tertiary/aromatic N) is 3. The Morgan fingerprint density at radius 1 is 1.67 bits per heavy atom. The van der Waals surface area contributed by atoms with Crippen LogP contribution in [-0.4, -0.2) is 47.7 Å². The molecular formula is C11H15BrClN3O2. The number of ether oxygens (including phenoxy) is 2. The van der Waals surface area contributed by atoms with Crippen LogP contribution in [0, 0.1) is 0 Å². The second-order valence-corrected chi connectivity index (χ2v) is 5.19. The Hall–Kier alpha value is -0.590. The normalized spacial score (nSPS) is 24.1. The maximum Gasteiger partial charge on any atom is 0.318 e. The molecule has 0 spiro atoms. The van der Waals surface area contributed by atoms with Crippen LogP contribution < -0.4 is 9.64 Å². The van der Waals surface area contributed by atoms with Gasteiger partial charge in [0, 0.05) is 11.9 Å². The van der Waals surface area contributed by atoms with Crippen LogP contribution in [0.4, 0.5) is 5.82 Å². The first kappa shape index (κ1) is 13.8. The minimum absolute atomic E-state index is 0.137. The zero-order chi connectivity index (χ0) is 13.1. The molecule has 1 aliphatic rings. The Morgan fingerprint density at radius 3 is 3.11 bits per heavy atom. The van der Waals surface area contributed by atoms with E-state index >= 15 is 0 Å². The summed E-state index contributed by atoms with van der Waals surface area (Å²) < 4.78 is 10.7. The van der Waals surface area contributed by atoms with Crippen LogP contribution in [0.3, 0.4) is 0 Å². The third kappa shape index (κ3) is 2.87. The van der Waals surface area contributed by atoms with Gasteiger partial charge >= 0.3 is 6.01 Å². The van der Waals surface area contributed by atoms with Gasteiger partial charge in [-0.15, -0.1) is 0 Å². The summed E-state index contributed by atoms with van der Waals surface area (Å²) in [5.41, 5.74) is 0. The van der Waals surface area contributed by atoms with Gasteiger partial charge < -0.3 is 14.4 Å². The molecule has 0 bridgehead atoms. The summed E-state index contributed by atoms with van der Waals surface area (Å²) >= 11 is 9.60. The second-order valence-electron chi connectivity index (χ2n) is 4.14. The summed E-state index contributed by atoms with van der Waals surface area (Å²) in [6.07, 6.45) is 1.70. The monoisotopic (exact) mass is 335 g/mol. The Bertz CT molecular complexity index is 421. The van der Waals surface area contributed by atoms with Crippen LogP contribution in [0.25, 0.3) is 0 Å². The largest absolute Gasteiger partial charge is 0.467 e. The van der Waals surface area contributed by atoms with Crippen LogP contribution in [0.2, 0.25) is 5.02 Å². The molecule has 5 nitrogen and oxygen atoms in total. The molecule has 0 N–H and O–H groups in total. The van der Waals surface area contributed by atoms with Crippen molar-refractivity contribution in [3.8, 4) is 6.01 Å². The Kier molecular flexibility index (Phi) is 4.64. The number of rotatable bonds is 3. The van der Waals surface area contributed by atoms with Gasteiger partial charge in [0.05, 0.1) is 32.1 Å². The van der Waals surface area contributed by atoms with Crippen molar-refractivity contribution < 1.29 is 9.47 Å². The predicted octanol–water partition coefficient (Wildman–Crippen LogP) is 2.13. The van der Waals surface area contributed by atoms with E-state index in [1.165, 1.54) is 7.11 Å². The molecule has 0 aliphatic carbocycles. The van der Waals surface area contributed by atoms with E-state index in [1.807, 2.05) is 0 Å². The Balaban J connectivity index is 2.27. The molecule has 100 valence electrons. The molecule has 1 aromatic rings. The summed E-state index contributed by atoms with van der Waals surface area (Å²) in [5, 5.41) is 1.31. The van der Waals surface area contributed by atoms with Crippen molar-refractivity contribution in [3.63, 3.8) is 0 Å². The second kappa shape index (κ2) is 6.04. The van der Waals surface area contributed by atoms with E-state index in [1.54, 1.807) is 6.20 Å². The highest BCUT2D eigenvalue weighted by Gasteiger charge is 2.28. The first-order chi connectivity index (χ1) is 8.65. The lowest BCUT2D eigenvalue weighted by Gasteiger charge is -2.38. The molecule has 2 unspecified atom stereocenters. The summed E-state index contributed by atoms with van der Waals surface area (Å²) in [5.74, 6) is 0.699. The number of methoxy groups -OCH3 is 1. The average molecular weight is 337 g/mol. The molecule has 0 radical (unpaired) electrons. The number of hydrogen-bond acceptors (Lipinski definition) is 5. The van der Waals surface area contributed by atoms with Gasteiger partial charge in [0.1, 0.15) is 5.02 Å². The fourth-order valence-corrected chi connectivity index (χ4v) is 2.44. The number of anilines is 1. The Labute approximate surface area is 120 Å². The average Bonchev–Trinajstić information content (AvgIpc) is 2.40. The molecule has 1 fully saturated rings. The summed E-state index contributed by atoms with van der Waals surface area (Å²) in [4.78, 5) is 10.4. The van der Waals surface area contributed by atoms with Crippen LogP contribution in [0.1, 0.15) is 6.92 Å². The molecule has 2 atom stereocenters. The van der Waals surface area contributed by atoms with Crippen molar-refractivity contribution in [2.45, 2.75) is 19.1 Å². The van der Waals surface area contributed by atoms with Crippen molar-refractivity contribution in [1.29, 1.82) is 0 Å². The zero-order valence-electron chi connectivity index (χ0n) is 10.3. The van der Waals surface area contributed by atoms with E-state index in [4.69, 9.17) is 21.1 Å². The van der Waals surface area contributed by atoms with E-state index in [9.17, 15) is 0 Å². The molecule has 1 saturated heterocycles. The molecule has 1 aliphatic heterocycles. The van der Waals surface area contributed by atoms with Crippen molar-refractivity contribution in [3.05, 3.63) is 11.2 Å². The molecule has 7 heteroatoms. The quantitative estimate of drug-likeness (QED) is 0.791. The van der Waals surface area contributed by atoms with Crippen molar-refractivity contribution >= 4 is 33.3 Å². The lowest BCUT2D eigenvalue weighted by molar-refractivity contribution is 0.0376. The third-order valence-corrected chi connectivity index (χ3v) is 3.82. The molecule has 0 amide bonds. The number of halogens is 2. The maximum absolute atomic E-state index is 6.17. The van der Waals surface area contributed by atoms with Crippen molar-refractivity contribution in [2.24, 2.45) is 0 Å². The SMILES string of the molecule is COc1ncc(Cl)c(N2CC(CBr)OCC2C)n1. The smallest absolute Gasteiger partial charge is 0.318 e. The Morgan fingerprint density at radius 2 is 2.44 bits per heavy atom. The van der Waals surface area contributed by atoms with E-state index in [2.05, 4.69) is 37.7 Å². The number of aromatic nitrogens is 2. The summed E-state index contributed by atoms with van der Waals surface area (Å²) in [7, 11) is 1.54. The van der Waals surface area contributed by atoms with E-state index < -0.39 is 0 Å². The van der Waals surface area contributed by atoms with Crippen LogP contribution in [-0.2, 0) is 4.74 Å². The van der Waals surface area contributed by atoms with Crippen molar-refractivity contribution in [1.82, 2.24) is 9.97 Å². The van der Waals surface area contributed by atoms with Gasteiger partial charge in [-0.05, 0) is 6.92 Å².